The maximum Gasteiger partial charge on any atom is 0.416 e. The fourth-order valence-corrected chi connectivity index (χ4v) is 10.4. The molecular weight excluding hydrogens is 1190 g/mol. The van der Waals surface area contributed by atoms with E-state index in [0.717, 1.165) is 0 Å². The van der Waals surface area contributed by atoms with E-state index in [4.69, 9.17) is 18.4 Å². The normalized spacial score (nSPS) is 15.9. The number of phenols is 1. The van der Waals surface area contributed by atoms with E-state index in [-0.39, 0.29) is 56.4 Å². The molecule has 5 aromatic rings. The van der Waals surface area contributed by atoms with Gasteiger partial charge in [-0.05, 0) is 118 Å². The Hall–Kier alpha value is -7.78. The predicted molar refractivity (Wildman–Crippen MR) is 323 cm³/mol. The maximum absolute atomic E-state index is 14.8. The Kier molecular flexibility index (Phi) is 23.2. The molecule has 0 saturated carbocycles. The van der Waals surface area contributed by atoms with Crippen LogP contribution in [0.2, 0.25) is 0 Å². The quantitative estimate of drug-likeness (QED) is 0.0241. The van der Waals surface area contributed by atoms with Crippen LogP contribution in [0.25, 0.3) is 10.9 Å². The zero-order valence-corrected chi connectivity index (χ0v) is 51.0. The van der Waals surface area contributed by atoms with E-state index in [1.165, 1.54) is 17.0 Å². The number of aromatic hydroxyl groups is 1. The van der Waals surface area contributed by atoms with Crippen LogP contribution in [0, 0.1) is 5.92 Å². The average molecular weight is 1270 g/mol. The largest absolute Gasteiger partial charge is 0.508 e. The van der Waals surface area contributed by atoms with Crippen LogP contribution in [0.4, 0.5) is 26.3 Å². The number of amides is 8. The van der Waals surface area contributed by atoms with Crippen molar-refractivity contribution in [2.75, 3.05) is 13.1 Å². The van der Waals surface area contributed by atoms with E-state index >= 15 is 0 Å². The molecule has 27 heteroatoms. The Labute approximate surface area is 516 Å². The summed E-state index contributed by atoms with van der Waals surface area (Å²) in [7, 11) is 0. The molecule has 0 spiro atoms. The third-order valence-electron chi connectivity index (χ3n) is 14.6. The molecule has 6 rings (SSSR count). The number of nitrogens with zero attached hydrogens (tertiary/aromatic N) is 1. The van der Waals surface area contributed by atoms with Crippen LogP contribution in [0.5, 0.6) is 5.75 Å². The highest BCUT2D eigenvalue weighted by molar-refractivity contribution is 7.82. The molecule has 19 nitrogen and oxygen atoms in total. The van der Waals surface area contributed by atoms with E-state index in [2.05, 4.69) is 54.8 Å². The summed E-state index contributed by atoms with van der Waals surface area (Å²) in [6.07, 6.45) is -8.57. The molecule has 1 saturated heterocycles. The molecule has 11 N–H and O–H groups in total. The van der Waals surface area contributed by atoms with E-state index in [1.54, 1.807) is 114 Å². The molecule has 476 valence electrons. The first-order valence-corrected chi connectivity index (χ1v) is 29.2. The minimum absolute atomic E-state index is 0.00722. The number of phenolic OH excluding ortho intramolecular Hbond substituents is 1. The SMILES string of the molecule is CC(C)C[C@H](NC(=O)[C@@H]1CCCN1C(=O)[C@@H](NC(=O)[C@H](Cc1ccccc1)NC(=O)CNC(=O)[C@H](NC(=O)[C@@H](N)Cc1ccc(O)cc1)C(C)(C)S)C(C)(C)S)C(=O)N[C@@H](Cc1c[nH]c2ccccc12)C(=O)NCc1cc(C(F)(F)F)cc(C(F)(F)F)c1. The maximum atomic E-state index is 14.8. The van der Waals surface area contributed by atoms with Crippen molar-refractivity contribution in [1.82, 2.24) is 47.1 Å². The van der Waals surface area contributed by atoms with Gasteiger partial charge in [-0.1, -0.05) is 74.5 Å². The minimum Gasteiger partial charge on any atom is -0.508 e. The molecule has 1 fully saturated rings. The zero-order valence-electron chi connectivity index (χ0n) is 49.2. The summed E-state index contributed by atoms with van der Waals surface area (Å²) in [4.78, 5) is 117. The molecular formula is C61H74F6N10O9S2. The zero-order chi connectivity index (χ0) is 65.1. The van der Waals surface area contributed by atoms with Crippen molar-refractivity contribution in [3.05, 3.63) is 137 Å². The van der Waals surface area contributed by atoms with Gasteiger partial charge in [-0.3, -0.25) is 38.4 Å². The number of aromatic amines is 1. The van der Waals surface area contributed by atoms with Gasteiger partial charge in [0.15, 0.2) is 0 Å². The van der Waals surface area contributed by atoms with Crippen molar-refractivity contribution in [2.45, 2.75) is 151 Å². The highest BCUT2D eigenvalue weighted by Gasteiger charge is 2.45. The first-order valence-electron chi connectivity index (χ1n) is 28.3. The molecule has 1 aliphatic heterocycles. The number of benzene rings is 4. The van der Waals surface area contributed by atoms with Gasteiger partial charge in [0.2, 0.25) is 47.3 Å². The Bertz CT molecular complexity index is 3270. The molecule has 4 aromatic carbocycles. The lowest BCUT2D eigenvalue weighted by molar-refractivity contribution is -0.143. The number of hydrogen-bond donors (Lipinski definition) is 12. The second kappa shape index (κ2) is 29.5. The number of fused-ring (bicyclic) bond motifs is 1. The first-order chi connectivity index (χ1) is 41.1. The number of carbonyl (C=O) groups excluding carboxylic acids is 8. The molecule has 8 amide bonds. The summed E-state index contributed by atoms with van der Waals surface area (Å²) >= 11 is 9.21. The number of halogens is 6. The van der Waals surface area contributed by atoms with Crippen molar-refractivity contribution >= 4 is 83.4 Å². The Morgan fingerprint density at radius 2 is 1.20 bits per heavy atom. The number of H-pyrrole nitrogens is 1. The topological polar surface area (TPSA) is 286 Å². The molecule has 88 heavy (non-hydrogen) atoms. The number of aromatic nitrogens is 1. The van der Waals surface area contributed by atoms with Crippen LogP contribution in [0.3, 0.4) is 0 Å². The predicted octanol–water partition coefficient (Wildman–Crippen LogP) is 5.58. The highest BCUT2D eigenvalue weighted by Crippen LogP contribution is 2.37. The Balaban J connectivity index is 1.16. The smallest absolute Gasteiger partial charge is 0.416 e. The fraction of sp³-hybridized carbons (Fsp3) is 0.443. The minimum atomic E-state index is -5.15. The van der Waals surface area contributed by atoms with Crippen LogP contribution < -0.4 is 43.0 Å². The molecule has 1 aromatic heterocycles. The Morgan fingerprint density at radius 3 is 1.81 bits per heavy atom. The van der Waals surface area contributed by atoms with E-state index < -0.39 is 141 Å². The summed E-state index contributed by atoms with van der Waals surface area (Å²) in [6.45, 7) is 8.29. The number of hydrogen-bond acceptors (Lipinski definition) is 12. The average Bonchev–Trinajstić information content (AvgIpc) is 4.28. The summed E-state index contributed by atoms with van der Waals surface area (Å²) < 4.78 is 80.0. The molecule has 2 heterocycles. The summed E-state index contributed by atoms with van der Waals surface area (Å²) in [6, 6.07) is 13.2. The van der Waals surface area contributed by atoms with E-state index in [1.807, 2.05) is 0 Å². The van der Waals surface area contributed by atoms with Gasteiger partial charge < -0.3 is 57.9 Å². The van der Waals surface area contributed by atoms with Crippen LogP contribution in [0.1, 0.15) is 94.2 Å². The first kappa shape index (κ1) is 69.3. The summed E-state index contributed by atoms with van der Waals surface area (Å²) in [5.41, 5.74) is 4.90. The number of thiol groups is 2. The molecule has 0 unspecified atom stereocenters. The van der Waals surface area contributed by atoms with Crippen LogP contribution in [-0.2, 0) is 76.5 Å². The van der Waals surface area contributed by atoms with Gasteiger partial charge >= 0.3 is 12.4 Å². The van der Waals surface area contributed by atoms with Gasteiger partial charge in [-0.2, -0.15) is 51.6 Å². The van der Waals surface area contributed by atoms with Gasteiger partial charge in [0, 0.05) is 52.5 Å². The standard InChI is InChI=1S/C61H74F6N10O9S2/c1-33(2)23-44(53(82)73-46(28-37-31-69-43-16-11-10-15-41(37)43)52(81)70-30-36-24-38(60(62,63)64)29-39(25-36)61(65,66)67)74-55(84)47-17-12-22-77(47)57(86)50(59(5,6)88)76-54(83)45(27-34-13-8-7-9-14-34)72-48(79)32-71-56(85)49(58(3,4)87)75-51(80)42(68)26-35-18-20-40(78)21-19-35/h7-11,13-16,18-21,24-25,29,31,33,42,44-47,49-50,69,78,87-88H,12,17,22-23,26-28,30,32,68H2,1-6H3,(H,70,81)(H,71,85)(H,72,79)(H,73,82)(H,74,84)(H,75,80)(H,76,83)/t42-,44-,45-,46-,47-,49-,50+/m0/s1. The van der Waals surface area contributed by atoms with Crippen molar-refractivity contribution in [3.8, 4) is 5.75 Å². The van der Waals surface area contributed by atoms with Crippen molar-refractivity contribution in [1.29, 1.82) is 0 Å². The van der Waals surface area contributed by atoms with Crippen LogP contribution in [-0.4, -0.2) is 127 Å². The number of para-hydroxylation sites is 1. The molecule has 7 atom stereocenters. The molecule has 1 aliphatic rings. The Morgan fingerprint density at radius 1 is 0.636 bits per heavy atom. The second-order valence-corrected chi connectivity index (χ2v) is 25.6. The number of nitrogens with two attached hydrogens (primary N) is 1. The summed E-state index contributed by atoms with van der Waals surface area (Å²) in [5, 5.41) is 28.5. The number of likely N-dealkylation sites (tertiary alicyclic amines) is 1. The lowest BCUT2D eigenvalue weighted by atomic mass is 9.98. The van der Waals surface area contributed by atoms with E-state index in [0.29, 0.717) is 46.1 Å². The monoisotopic (exact) mass is 1270 g/mol. The number of carbonyl (C=O) groups is 8. The van der Waals surface area contributed by atoms with Crippen molar-refractivity contribution < 1.29 is 69.8 Å². The molecule has 0 aliphatic carbocycles. The lowest BCUT2D eigenvalue weighted by Gasteiger charge is -2.36. The van der Waals surface area contributed by atoms with Crippen molar-refractivity contribution in [3.63, 3.8) is 0 Å². The van der Waals surface area contributed by atoms with Gasteiger partial charge in [-0.25, -0.2) is 0 Å². The van der Waals surface area contributed by atoms with Gasteiger partial charge in [0.25, 0.3) is 0 Å². The number of nitrogens with one attached hydrogen (secondary N) is 8. The highest BCUT2D eigenvalue weighted by atomic mass is 32.1. The molecule has 0 bridgehead atoms. The second-order valence-electron chi connectivity index (χ2n) is 23.3. The van der Waals surface area contributed by atoms with Crippen LogP contribution in [0.15, 0.2) is 103 Å². The van der Waals surface area contributed by atoms with Crippen LogP contribution >= 0.6 is 25.3 Å². The van der Waals surface area contributed by atoms with E-state index in [9.17, 15) is 69.8 Å². The fourth-order valence-electron chi connectivity index (χ4n) is 10.0. The molecule has 0 radical (unpaired) electrons. The van der Waals surface area contributed by atoms with Gasteiger partial charge in [0.05, 0.1) is 23.7 Å². The van der Waals surface area contributed by atoms with Gasteiger partial charge in [0.1, 0.15) is 42.0 Å². The third-order valence-corrected chi connectivity index (χ3v) is 15.1. The van der Waals surface area contributed by atoms with Crippen molar-refractivity contribution in [2.24, 2.45) is 11.7 Å². The van der Waals surface area contributed by atoms with Gasteiger partial charge in [-0.15, -0.1) is 0 Å². The summed E-state index contributed by atoms with van der Waals surface area (Å²) in [5.74, 6) is -6.76. The third kappa shape index (κ3) is 19.6. The number of alkyl halides is 6. The number of rotatable bonds is 26. The lowest BCUT2D eigenvalue weighted by Crippen LogP contribution is -2.63.